The van der Waals surface area contributed by atoms with E-state index in [1.807, 2.05) is 60.7 Å². The first kappa shape index (κ1) is 14.3. The maximum atomic E-state index is 4.83. The van der Waals surface area contributed by atoms with Crippen LogP contribution < -0.4 is 7.16 Å². The van der Waals surface area contributed by atoms with Crippen molar-refractivity contribution in [1.82, 2.24) is 0 Å². The topological polar surface area (TPSA) is 24.7 Å². The fraction of sp³-hybridized carbons (Fsp3) is 0. The van der Waals surface area contributed by atoms with E-state index in [9.17, 15) is 0 Å². The van der Waals surface area contributed by atoms with Gasteiger partial charge < -0.3 is 0 Å². The van der Waals surface area contributed by atoms with Crippen molar-refractivity contribution in [2.24, 2.45) is 6.43 Å². The first-order valence-corrected chi connectivity index (χ1v) is 11.8. The van der Waals surface area contributed by atoms with E-state index in [1.165, 1.54) is 0 Å². The molecule has 0 amide bonds. The molecule has 2 aromatic carbocycles. The van der Waals surface area contributed by atoms with Crippen molar-refractivity contribution in [1.29, 1.82) is 0 Å². The maximum absolute atomic E-state index is 4.83. The molecule has 92 valence electrons. The number of isothiocyanates is 2. The van der Waals surface area contributed by atoms with E-state index in [0.717, 1.165) is 7.16 Å². The van der Waals surface area contributed by atoms with Crippen molar-refractivity contribution in [2.45, 2.75) is 0 Å². The van der Waals surface area contributed by atoms with Gasteiger partial charge in [-0.15, -0.1) is 0 Å². The molecule has 0 aliphatic carbocycles. The van der Waals surface area contributed by atoms with Crippen molar-refractivity contribution in [2.75, 3.05) is 0 Å². The van der Waals surface area contributed by atoms with Crippen molar-refractivity contribution >= 4 is 60.8 Å². The molecule has 19 heavy (non-hydrogen) atoms. The third-order valence-corrected chi connectivity index (χ3v) is 12.9. The summed E-state index contributed by atoms with van der Waals surface area (Å²) in [5.74, 6) is 0. The van der Waals surface area contributed by atoms with E-state index in [-0.39, 0.29) is 0 Å². The van der Waals surface area contributed by atoms with E-state index in [2.05, 4.69) is 16.8 Å². The molecule has 0 aliphatic heterocycles. The molecule has 0 spiro atoms. The summed E-state index contributed by atoms with van der Waals surface area (Å²) in [6.07, 6.45) is 0. The second-order valence-corrected chi connectivity index (χ2v) is 12.6. The van der Waals surface area contributed by atoms with Crippen molar-refractivity contribution in [3.8, 4) is 0 Å². The molecule has 0 unspecified atom stereocenters. The Hall–Kier alpha value is -1.16. The predicted molar refractivity (Wildman–Crippen MR) is 88.0 cm³/mol. The number of benzene rings is 2. The van der Waals surface area contributed by atoms with Gasteiger partial charge in [0.2, 0.25) is 0 Å². The second-order valence-electron chi connectivity index (χ2n) is 3.81. The first-order chi connectivity index (χ1) is 9.33. The molecule has 0 bridgehead atoms. The summed E-state index contributed by atoms with van der Waals surface area (Å²) in [6.45, 7) is 0. The molecule has 2 nitrogen and oxygen atoms in total. The predicted octanol–water partition coefficient (Wildman–Crippen LogP) is 2.45. The number of hydrogen-bond donors (Lipinski definition) is 0. The van der Waals surface area contributed by atoms with E-state index >= 15 is 0 Å². The van der Waals surface area contributed by atoms with Crippen LogP contribution in [0.3, 0.4) is 0 Å². The minimum absolute atomic E-state index is 1.08. The van der Waals surface area contributed by atoms with Gasteiger partial charge in [0, 0.05) is 0 Å². The Morgan fingerprint density at radius 3 is 1.37 bits per heavy atom. The van der Waals surface area contributed by atoms with E-state index in [1.54, 1.807) is 0 Å². The summed E-state index contributed by atoms with van der Waals surface area (Å²) in [7, 11) is 0. The van der Waals surface area contributed by atoms with Crippen LogP contribution in [0.2, 0.25) is 0 Å². The van der Waals surface area contributed by atoms with Crippen LogP contribution in [0.4, 0.5) is 0 Å². The van der Waals surface area contributed by atoms with Crippen LogP contribution in [-0.2, 0) is 0 Å². The van der Waals surface area contributed by atoms with Gasteiger partial charge in [0.1, 0.15) is 0 Å². The normalized spacial score (nSPS) is 10.1. The zero-order valence-corrected chi connectivity index (χ0v) is 14.5. The van der Waals surface area contributed by atoms with E-state index < -0.39 is 18.9 Å². The number of hydrogen-bond acceptors (Lipinski definition) is 4. The number of rotatable bonds is 4. The zero-order chi connectivity index (χ0) is 13.6. The fourth-order valence-corrected chi connectivity index (χ4v) is 10.8. The quantitative estimate of drug-likeness (QED) is 0.456. The van der Waals surface area contributed by atoms with Crippen molar-refractivity contribution in [3.63, 3.8) is 0 Å². The average Bonchev–Trinajstić information content (AvgIpc) is 2.49. The standard InChI is InChI=1S/2C6H5.2CNS.Sn/c2*1-2-4-6-5-3-1;2*2-1-3;/h2*1-5H;;;/q;;2*-1;+2. The summed E-state index contributed by atoms with van der Waals surface area (Å²) < 4.78 is 11.1. The number of thiocarbonyl (C=S) groups is 2. The molecular formula is C14H10N2S2Sn. The van der Waals surface area contributed by atoms with Crippen molar-refractivity contribution in [3.05, 3.63) is 60.7 Å². The van der Waals surface area contributed by atoms with Gasteiger partial charge in [-0.1, -0.05) is 0 Å². The van der Waals surface area contributed by atoms with Crippen LogP contribution in [-0.4, -0.2) is 29.2 Å². The summed E-state index contributed by atoms with van der Waals surface area (Å²) in [5, 5.41) is 5.02. The molecule has 0 saturated carbocycles. The Balaban J connectivity index is 2.75. The average molecular weight is 389 g/mol. The van der Waals surface area contributed by atoms with Crippen LogP contribution in [0.1, 0.15) is 0 Å². The Morgan fingerprint density at radius 1 is 0.684 bits per heavy atom. The van der Waals surface area contributed by atoms with E-state index in [0.29, 0.717) is 0 Å². The Kier molecular flexibility index (Phi) is 5.14. The van der Waals surface area contributed by atoms with Crippen LogP contribution in [0, 0.1) is 0 Å². The SMILES string of the molecule is S=C=[N][Sn]([N]=C=S)([c]1ccccc1)[c]1ccccc1. The molecule has 0 fully saturated rings. The third-order valence-electron chi connectivity index (χ3n) is 2.77. The van der Waals surface area contributed by atoms with Gasteiger partial charge in [-0.25, -0.2) is 0 Å². The number of nitrogens with zero attached hydrogens (tertiary/aromatic N) is 2. The summed E-state index contributed by atoms with van der Waals surface area (Å²) >= 11 is 6.04. The van der Waals surface area contributed by atoms with E-state index in [4.69, 9.17) is 24.4 Å². The van der Waals surface area contributed by atoms with Gasteiger partial charge >= 0.3 is 128 Å². The fourth-order valence-electron chi connectivity index (χ4n) is 1.92. The molecule has 0 saturated heterocycles. The molecule has 0 aromatic heterocycles. The van der Waals surface area contributed by atoms with Crippen LogP contribution in [0.15, 0.2) is 67.1 Å². The minimum atomic E-state index is -3.62. The first-order valence-electron chi connectivity index (χ1n) is 5.62. The second kappa shape index (κ2) is 6.85. The Morgan fingerprint density at radius 2 is 1.05 bits per heavy atom. The third kappa shape index (κ3) is 3.05. The summed E-state index contributed by atoms with van der Waals surface area (Å²) in [5.41, 5.74) is 0. The Labute approximate surface area is 127 Å². The molecule has 0 heterocycles. The molecule has 0 atom stereocenters. The monoisotopic (exact) mass is 390 g/mol. The van der Waals surface area contributed by atoms with Crippen LogP contribution >= 0.6 is 24.4 Å². The molecule has 5 heteroatoms. The van der Waals surface area contributed by atoms with Gasteiger partial charge in [-0.3, -0.25) is 0 Å². The van der Waals surface area contributed by atoms with Gasteiger partial charge in [0.25, 0.3) is 0 Å². The molecule has 2 aromatic rings. The summed E-state index contributed by atoms with van der Waals surface area (Å²) in [4.78, 5) is 0. The van der Waals surface area contributed by atoms with Gasteiger partial charge in [-0.2, -0.15) is 0 Å². The molecule has 2 rings (SSSR count). The molecular weight excluding hydrogens is 379 g/mol. The summed E-state index contributed by atoms with van der Waals surface area (Å²) in [6, 6.07) is 19.9. The molecule has 0 aliphatic rings. The van der Waals surface area contributed by atoms with Crippen LogP contribution in [0.5, 0.6) is 0 Å². The van der Waals surface area contributed by atoms with Crippen LogP contribution in [0.25, 0.3) is 0 Å². The molecule has 0 N–H and O–H groups in total. The molecule has 0 radical (unpaired) electrons. The zero-order valence-electron chi connectivity index (χ0n) is 9.98. The van der Waals surface area contributed by atoms with Gasteiger partial charge in [0.15, 0.2) is 0 Å². The van der Waals surface area contributed by atoms with Gasteiger partial charge in [-0.05, 0) is 0 Å². The van der Waals surface area contributed by atoms with Crippen molar-refractivity contribution < 1.29 is 0 Å². The van der Waals surface area contributed by atoms with Gasteiger partial charge in [0.05, 0.1) is 0 Å². The Bertz CT molecular complexity index is 586.